The first kappa shape index (κ1) is 22.4. The number of benzene rings is 2. The predicted molar refractivity (Wildman–Crippen MR) is 116 cm³/mol. The van der Waals surface area contributed by atoms with Gasteiger partial charge in [-0.2, -0.15) is 13.2 Å². The molecule has 0 radical (unpaired) electrons. The first-order chi connectivity index (χ1) is 15.7. The van der Waals surface area contributed by atoms with Gasteiger partial charge in [0.15, 0.2) is 11.4 Å². The second-order valence-electron chi connectivity index (χ2n) is 7.21. The lowest BCUT2D eigenvalue weighted by Gasteiger charge is -2.40. The number of hydrogen-bond acceptors (Lipinski definition) is 4. The third kappa shape index (κ3) is 4.42. The molecule has 2 unspecified atom stereocenters. The number of amides is 2. The van der Waals surface area contributed by atoms with Crippen LogP contribution in [0.3, 0.4) is 0 Å². The van der Waals surface area contributed by atoms with Crippen molar-refractivity contribution >= 4 is 28.9 Å². The minimum Gasteiger partial charge on any atom is -0.319 e. The zero-order chi connectivity index (χ0) is 23.6. The van der Waals surface area contributed by atoms with Crippen molar-refractivity contribution < 1.29 is 22.5 Å². The summed E-state index contributed by atoms with van der Waals surface area (Å²) in [6.45, 7) is 0. The molecule has 0 fully saturated rings. The van der Waals surface area contributed by atoms with Crippen molar-refractivity contribution in [1.82, 2.24) is 15.5 Å². The Hall–Kier alpha value is -3.79. The van der Waals surface area contributed by atoms with Gasteiger partial charge in [-0.1, -0.05) is 71.4 Å². The smallest absolute Gasteiger partial charge is 0.319 e. The molecule has 2 aromatic carbocycles. The van der Waals surface area contributed by atoms with E-state index in [2.05, 4.69) is 20.0 Å². The molecule has 33 heavy (non-hydrogen) atoms. The molecule has 3 aromatic rings. The summed E-state index contributed by atoms with van der Waals surface area (Å²) in [5.41, 5.74) is -1.74. The van der Waals surface area contributed by atoms with E-state index >= 15 is 0 Å². The fourth-order valence-electron chi connectivity index (χ4n) is 3.55. The number of urea groups is 1. The Bertz CT molecular complexity index is 1280. The molecule has 7 nitrogen and oxygen atoms in total. The van der Waals surface area contributed by atoms with E-state index in [-0.39, 0.29) is 10.7 Å². The van der Waals surface area contributed by atoms with Gasteiger partial charge in [0, 0.05) is 0 Å². The second kappa shape index (κ2) is 8.62. The summed E-state index contributed by atoms with van der Waals surface area (Å²) in [6.07, 6.45) is -1.63. The van der Waals surface area contributed by atoms with Crippen LogP contribution >= 0.6 is 11.6 Å². The van der Waals surface area contributed by atoms with Crippen LogP contribution in [0.15, 0.2) is 82.1 Å². The van der Waals surface area contributed by atoms with Crippen molar-refractivity contribution in [2.45, 2.75) is 17.6 Å². The van der Waals surface area contributed by atoms with E-state index in [9.17, 15) is 22.8 Å². The van der Waals surface area contributed by atoms with Gasteiger partial charge in [-0.05, 0) is 29.3 Å². The number of aromatic nitrogens is 2. The van der Waals surface area contributed by atoms with Crippen LogP contribution in [-0.4, -0.2) is 27.9 Å². The van der Waals surface area contributed by atoms with Crippen molar-refractivity contribution in [2.24, 2.45) is 0 Å². The fourth-order valence-corrected chi connectivity index (χ4v) is 3.73. The summed E-state index contributed by atoms with van der Waals surface area (Å²) in [5.74, 6) is -3.06. The van der Waals surface area contributed by atoms with Crippen molar-refractivity contribution in [3.63, 3.8) is 0 Å². The molecule has 1 aromatic heterocycles. The Morgan fingerprint density at radius 1 is 1.12 bits per heavy atom. The molecule has 0 saturated carbocycles. The van der Waals surface area contributed by atoms with Gasteiger partial charge in [-0.15, -0.1) is 0 Å². The number of anilines is 1. The largest absolute Gasteiger partial charge is 0.438 e. The van der Waals surface area contributed by atoms with Gasteiger partial charge in [0.1, 0.15) is 0 Å². The lowest BCUT2D eigenvalue weighted by molar-refractivity contribution is -0.182. The van der Waals surface area contributed by atoms with Crippen LogP contribution in [0, 0.1) is 0 Å². The van der Waals surface area contributed by atoms with Crippen LogP contribution in [0.5, 0.6) is 0 Å². The lowest BCUT2D eigenvalue weighted by atomic mass is 9.76. The zero-order valence-electron chi connectivity index (χ0n) is 16.7. The van der Waals surface area contributed by atoms with E-state index in [0.29, 0.717) is 11.1 Å². The molecule has 4 rings (SSSR count). The topological polar surface area (TPSA) is 100 Å². The number of halogens is 4. The SMILES string of the molecule is O=C(Nc1ccccc1Cl)NC1(C(F)(F)F)C=CC(c2ccccc2)=CC1c1noc(=O)[nH]1. The van der Waals surface area contributed by atoms with Crippen molar-refractivity contribution in [3.8, 4) is 0 Å². The highest BCUT2D eigenvalue weighted by molar-refractivity contribution is 6.33. The van der Waals surface area contributed by atoms with Crippen LogP contribution in [0.2, 0.25) is 5.02 Å². The molecule has 1 aliphatic rings. The van der Waals surface area contributed by atoms with Crippen LogP contribution in [-0.2, 0) is 0 Å². The zero-order valence-corrected chi connectivity index (χ0v) is 17.4. The highest BCUT2D eigenvalue weighted by Crippen LogP contribution is 2.46. The normalized spacial score (nSPS) is 20.2. The van der Waals surface area contributed by atoms with Gasteiger partial charge in [0.25, 0.3) is 0 Å². The maximum Gasteiger partial charge on any atom is 0.438 e. The van der Waals surface area contributed by atoms with E-state index in [0.717, 1.165) is 6.08 Å². The van der Waals surface area contributed by atoms with Gasteiger partial charge < -0.3 is 10.6 Å². The van der Waals surface area contributed by atoms with Gasteiger partial charge in [0.2, 0.25) is 0 Å². The first-order valence-corrected chi connectivity index (χ1v) is 10.0. The monoisotopic (exact) mass is 476 g/mol. The predicted octanol–water partition coefficient (Wildman–Crippen LogP) is 4.88. The van der Waals surface area contributed by atoms with Crippen molar-refractivity contribution in [1.29, 1.82) is 0 Å². The van der Waals surface area contributed by atoms with E-state index in [1.807, 2.05) is 5.32 Å². The number of carbonyl (C=O) groups is 1. The molecular weight excluding hydrogens is 461 g/mol. The van der Waals surface area contributed by atoms with E-state index < -0.39 is 35.2 Å². The van der Waals surface area contributed by atoms with Crippen LogP contribution in [0.25, 0.3) is 5.57 Å². The molecule has 3 N–H and O–H groups in total. The molecule has 1 aliphatic carbocycles. The quantitative estimate of drug-likeness (QED) is 0.500. The number of carbonyl (C=O) groups excluding carboxylic acids is 1. The highest BCUT2D eigenvalue weighted by Gasteiger charge is 2.60. The Labute approximate surface area is 189 Å². The van der Waals surface area contributed by atoms with Crippen molar-refractivity contribution in [2.75, 3.05) is 5.32 Å². The molecule has 170 valence electrons. The van der Waals surface area contributed by atoms with Crippen LogP contribution < -0.4 is 16.4 Å². The molecule has 0 saturated heterocycles. The highest BCUT2D eigenvalue weighted by atomic mass is 35.5. The number of H-pyrrole nitrogens is 1. The minimum absolute atomic E-state index is 0.126. The first-order valence-electron chi connectivity index (χ1n) is 9.62. The Morgan fingerprint density at radius 2 is 1.82 bits per heavy atom. The molecule has 2 amide bonds. The maximum absolute atomic E-state index is 14.5. The number of alkyl halides is 3. The van der Waals surface area contributed by atoms with E-state index in [1.165, 1.54) is 24.3 Å². The molecule has 11 heteroatoms. The minimum atomic E-state index is -4.99. The van der Waals surface area contributed by atoms with Gasteiger partial charge in [-0.25, -0.2) is 9.59 Å². The summed E-state index contributed by atoms with van der Waals surface area (Å²) in [4.78, 5) is 26.4. The molecule has 0 spiro atoms. The number of para-hydroxylation sites is 1. The summed E-state index contributed by atoms with van der Waals surface area (Å²) < 4.78 is 48.1. The van der Waals surface area contributed by atoms with Gasteiger partial charge in [0.05, 0.1) is 16.6 Å². The van der Waals surface area contributed by atoms with Gasteiger partial charge in [-0.3, -0.25) is 9.51 Å². The third-order valence-corrected chi connectivity index (χ3v) is 5.46. The third-order valence-electron chi connectivity index (χ3n) is 5.13. The fraction of sp³-hybridized carbons (Fsp3) is 0.136. The average molecular weight is 477 g/mol. The number of nitrogens with one attached hydrogen (secondary N) is 3. The summed E-state index contributed by atoms with van der Waals surface area (Å²) in [6, 6.07) is 13.6. The maximum atomic E-state index is 14.5. The van der Waals surface area contributed by atoms with Crippen LogP contribution in [0.4, 0.5) is 23.7 Å². The number of aromatic amines is 1. The molecule has 0 bridgehead atoms. The van der Waals surface area contributed by atoms with Crippen LogP contribution in [0.1, 0.15) is 17.3 Å². The summed E-state index contributed by atoms with van der Waals surface area (Å²) >= 11 is 6.00. The number of nitrogens with zero attached hydrogens (tertiary/aromatic N) is 1. The second-order valence-corrected chi connectivity index (χ2v) is 7.61. The van der Waals surface area contributed by atoms with E-state index in [1.54, 1.807) is 42.5 Å². The average Bonchev–Trinajstić information content (AvgIpc) is 3.21. The molecule has 0 aliphatic heterocycles. The molecular formula is C22H16ClF3N4O3. The summed E-state index contributed by atoms with van der Waals surface area (Å²) in [5, 5.41) is 7.95. The Morgan fingerprint density at radius 3 is 2.45 bits per heavy atom. The summed E-state index contributed by atoms with van der Waals surface area (Å²) in [7, 11) is 0. The van der Waals surface area contributed by atoms with Gasteiger partial charge >= 0.3 is 18.0 Å². The molecule has 2 atom stereocenters. The lowest BCUT2D eigenvalue weighted by Crippen LogP contribution is -2.62. The number of rotatable bonds is 4. The molecule has 1 heterocycles. The number of allylic oxidation sites excluding steroid dienone is 2. The standard InChI is InChI=1S/C22H16ClF3N4O3/c23-16-8-4-5-9-17(16)27-19(31)29-21(22(24,25)26)11-10-14(13-6-2-1-3-7-13)12-15(21)18-28-20(32)33-30-18/h1-12,15H,(H2,27,29,31)(H,28,30,32). The Kier molecular flexibility index (Phi) is 5.86. The number of hydrogen-bond donors (Lipinski definition) is 3. The Balaban J connectivity index is 1.77. The van der Waals surface area contributed by atoms with Crippen molar-refractivity contribution in [3.05, 3.63) is 99.8 Å². The van der Waals surface area contributed by atoms with E-state index in [4.69, 9.17) is 11.6 Å².